The molecule has 5 heterocycles. The summed E-state index contributed by atoms with van der Waals surface area (Å²) in [5.41, 5.74) is 17.5. The largest absolute Gasteiger partial charge is 0.467 e. The number of nitrogens with zero attached hydrogens (tertiary/aromatic N) is 4. The molecule has 0 saturated heterocycles. The summed E-state index contributed by atoms with van der Waals surface area (Å²) in [6, 6.07) is 84.0. The Bertz CT molecular complexity index is 4700. The second-order valence-electron chi connectivity index (χ2n) is 19.8. The minimum atomic E-state index is -0.123. The van der Waals surface area contributed by atoms with Crippen molar-refractivity contribution in [2.45, 2.75) is 12.1 Å². The average molecular weight is 977 g/mol. The first-order valence-corrected chi connectivity index (χ1v) is 26.5. The van der Waals surface area contributed by atoms with E-state index in [-0.39, 0.29) is 12.1 Å². The van der Waals surface area contributed by atoms with Crippen LogP contribution in [0.1, 0.15) is 11.1 Å². The standard InChI is InChI=1S/C69H44N4OS/c1-3-15-43(16-4-1)69-70-59-39-44(31-36-66(59)74-69)45-29-33-53-54-34-30-46(49-22-14-28-60-55(49)37-38-71(60)47-17-5-2-6-18-47)41-65(54)72(64(53)40-45)48-32-35-56-58-24-13-23-57(68(58)75-67(56)42-48)52-21-9-12-27-63(52)73-61-25-10-7-19-50(61)51-20-8-11-26-62(51)73/h1-42,59,66H. The lowest BCUT2D eigenvalue weighted by atomic mass is 9.95. The normalized spacial score (nSPS) is 15.4. The molecule has 0 fully saturated rings. The summed E-state index contributed by atoms with van der Waals surface area (Å²) >= 11 is 1.89. The topological polar surface area (TPSA) is 36.4 Å². The van der Waals surface area contributed by atoms with Crippen LogP contribution in [0.5, 0.6) is 0 Å². The van der Waals surface area contributed by atoms with Gasteiger partial charge in [0.2, 0.25) is 5.90 Å². The van der Waals surface area contributed by atoms with Crippen LogP contribution in [0, 0.1) is 0 Å². The molecule has 0 bridgehead atoms. The van der Waals surface area contributed by atoms with E-state index in [4.69, 9.17) is 9.73 Å². The van der Waals surface area contributed by atoms with Gasteiger partial charge in [-0.2, -0.15) is 0 Å². The van der Waals surface area contributed by atoms with Crippen molar-refractivity contribution >= 4 is 97.5 Å². The van der Waals surface area contributed by atoms with E-state index in [9.17, 15) is 0 Å². The molecule has 2 aliphatic rings. The fraction of sp³-hybridized carbons (Fsp3) is 0.0290. The zero-order valence-corrected chi connectivity index (χ0v) is 41.3. The van der Waals surface area contributed by atoms with E-state index >= 15 is 0 Å². The van der Waals surface area contributed by atoms with Gasteiger partial charge < -0.3 is 18.4 Å². The van der Waals surface area contributed by atoms with Crippen LogP contribution in [0.4, 0.5) is 0 Å². The van der Waals surface area contributed by atoms with E-state index in [1.807, 2.05) is 29.5 Å². The predicted octanol–water partition coefficient (Wildman–Crippen LogP) is 17.7. The molecular formula is C69H44N4OS. The van der Waals surface area contributed by atoms with Crippen molar-refractivity contribution in [3.05, 3.63) is 266 Å². The van der Waals surface area contributed by atoms with Crippen molar-refractivity contribution in [1.29, 1.82) is 0 Å². The molecule has 1 aliphatic carbocycles. The van der Waals surface area contributed by atoms with E-state index in [0.717, 1.165) is 39.1 Å². The summed E-state index contributed by atoms with van der Waals surface area (Å²) in [6.45, 7) is 0. The number of aromatic nitrogens is 3. The maximum Gasteiger partial charge on any atom is 0.217 e. The highest BCUT2D eigenvalue weighted by Gasteiger charge is 2.31. The Morgan fingerprint density at radius 2 is 1.04 bits per heavy atom. The van der Waals surface area contributed by atoms with Gasteiger partial charge in [-0.15, -0.1) is 11.3 Å². The average Bonchev–Trinajstić information content (AvgIpc) is 4.35. The molecular weight excluding hydrogens is 933 g/mol. The number of ether oxygens (including phenoxy) is 1. The van der Waals surface area contributed by atoms with E-state index in [0.29, 0.717) is 5.90 Å². The smallest absolute Gasteiger partial charge is 0.217 e. The summed E-state index contributed by atoms with van der Waals surface area (Å²) in [7, 11) is 0. The van der Waals surface area contributed by atoms with Crippen LogP contribution in [0.15, 0.2) is 260 Å². The lowest BCUT2D eigenvalue weighted by molar-refractivity contribution is 0.255. The Morgan fingerprint density at radius 3 is 1.85 bits per heavy atom. The number of hydrogen-bond donors (Lipinski definition) is 0. The fourth-order valence-corrected chi connectivity index (χ4v) is 13.4. The van der Waals surface area contributed by atoms with Crippen LogP contribution in [-0.2, 0) is 4.74 Å². The van der Waals surface area contributed by atoms with Gasteiger partial charge in [0, 0.05) is 81.4 Å². The molecule has 4 aromatic heterocycles. The number of aliphatic imine (C=N–C) groups is 1. The molecule has 14 aromatic rings. The van der Waals surface area contributed by atoms with Gasteiger partial charge in [-0.3, -0.25) is 0 Å². The molecule has 1 aliphatic heterocycles. The van der Waals surface area contributed by atoms with Crippen LogP contribution in [-0.4, -0.2) is 31.7 Å². The number of rotatable bonds is 7. The highest BCUT2D eigenvalue weighted by molar-refractivity contribution is 7.26. The number of allylic oxidation sites excluding steroid dienone is 2. The second-order valence-corrected chi connectivity index (χ2v) is 20.8. The third kappa shape index (κ3) is 6.53. The summed E-state index contributed by atoms with van der Waals surface area (Å²) in [5, 5.41) is 8.68. The van der Waals surface area contributed by atoms with E-state index in [1.54, 1.807) is 0 Å². The molecule has 2 unspecified atom stereocenters. The molecule has 16 rings (SSSR count). The lowest BCUT2D eigenvalue weighted by Gasteiger charge is -2.17. The second kappa shape index (κ2) is 16.5. The third-order valence-electron chi connectivity index (χ3n) is 15.6. The van der Waals surface area contributed by atoms with Crippen LogP contribution in [0.25, 0.3) is 120 Å². The molecule has 0 saturated carbocycles. The number of thiophene rings is 1. The molecule has 0 amide bonds. The van der Waals surface area contributed by atoms with Crippen molar-refractivity contribution in [2.75, 3.05) is 0 Å². The SMILES string of the molecule is C1=CC2OC(c3ccccc3)=NC2C=C1c1ccc2c3ccc(-c4cccc5c4ccn5-c4ccccc4)cc3n(-c3ccc4c(c3)sc3c(-c5ccccc5-n5c6ccccc6c6ccccc65)cccc34)c2c1. The summed E-state index contributed by atoms with van der Waals surface area (Å²) < 4.78 is 16.1. The number of fused-ring (bicyclic) bond motifs is 11. The zero-order valence-electron chi connectivity index (χ0n) is 40.5. The number of benzene rings is 10. The summed E-state index contributed by atoms with van der Waals surface area (Å²) in [5.74, 6) is 0.697. The maximum atomic E-state index is 6.38. The molecule has 5 nitrogen and oxygen atoms in total. The Balaban J connectivity index is 0.874. The van der Waals surface area contributed by atoms with E-state index in [1.165, 1.54) is 91.6 Å². The highest BCUT2D eigenvalue weighted by atomic mass is 32.1. The predicted molar refractivity (Wildman–Crippen MR) is 314 cm³/mol. The van der Waals surface area contributed by atoms with Crippen molar-refractivity contribution in [3.63, 3.8) is 0 Å². The highest BCUT2D eigenvalue weighted by Crippen LogP contribution is 2.45. The van der Waals surface area contributed by atoms with Crippen molar-refractivity contribution in [1.82, 2.24) is 13.7 Å². The van der Waals surface area contributed by atoms with Gasteiger partial charge in [0.15, 0.2) is 0 Å². The fourth-order valence-electron chi connectivity index (χ4n) is 12.2. The van der Waals surface area contributed by atoms with Gasteiger partial charge in [0.25, 0.3) is 0 Å². The Hall–Kier alpha value is -9.49. The Kier molecular flexibility index (Phi) is 9.26. The zero-order chi connectivity index (χ0) is 49.1. The summed E-state index contributed by atoms with van der Waals surface area (Å²) in [4.78, 5) is 5.07. The first-order chi connectivity index (χ1) is 37.2. The summed E-state index contributed by atoms with van der Waals surface area (Å²) in [6.07, 6.45) is 8.72. The van der Waals surface area contributed by atoms with Gasteiger partial charge in [-0.1, -0.05) is 158 Å². The first-order valence-electron chi connectivity index (χ1n) is 25.7. The van der Waals surface area contributed by atoms with Gasteiger partial charge in [-0.25, -0.2) is 4.99 Å². The van der Waals surface area contributed by atoms with Gasteiger partial charge in [-0.05, 0) is 113 Å². The first kappa shape index (κ1) is 42.1. The van der Waals surface area contributed by atoms with Crippen LogP contribution in [0.2, 0.25) is 0 Å². The van der Waals surface area contributed by atoms with E-state index < -0.39 is 0 Å². The quantitative estimate of drug-likeness (QED) is 0.157. The van der Waals surface area contributed by atoms with Crippen LogP contribution >= 0.6 is 11.3 Å². The monoisotopic (exact) mass is 976 g/mol. The molecule has 6 heteroatoms. The Labute approximate surface area is 436 Å². The molecule has 0 radical (unpaired) electrons. The molecule has 0 N–H and O–H groups in total. The van der Waals surface area contributed by atoms with Crippen LogP contribution < -0.4 is 0 Å². The van der Waals surface area contributed by atoms with Gasteiger partial charge >= 0.3 is 0 Å². The van der Waals surface area contributed by atoms with Crippen LogP contribution in [0.3, 0.4) is 0 Å². The number of hydrogen-bond acceptors (Lipinski definition) is 3. The molecule has 10 aromatic carbocycles. The van der Waals surface area contributed by atoms with Crippen molar-refractivity contribution in [2.24, 2.45) is 4.99 Å². The minimum Gasteiger partial charge on any atom is -0.467 e. The Morgan fingerprint density at radius 1 is 0.413 bits per heavy atom. The molecule has 75 heavy (non-hydrogen) atoms. The van der Waals surface area contributed by atoms with Crippen molar-refractivity contribution in [3.8, 4) is 39.3 Å². The minimum absolute atomic E-state index is 0.0991. The molecule has 0 spiro atoms. The molecule has 352 valence electrons. The van der Waals surface area contributed by atoms with Crippen molar-refractivity contribution < 1.29 is 4.74 Å². The maximum absolute atomic E-state index is 6.38. The van der Waals surface area contributed by atoms with Gasteiger partial charge in [0.05, 0.1) is 33.3 Å². The molecule has 2 atom stereocenters. The van der Waals surface area contributed by atoms with E-state index in [2.05, 4.69) is 250 Å². The lowest BCUT2D eigenvalue weighted by Crippen LogP contribution is -2.20. The van der Waals surface area contributed by atoms with Gasteiger partial charge in [0.1, 0.15) is 12.1 Å². The third-order valence-corrected chi connectivity index (χ3v) is 16.8. The number of para-hydroxylation sites is 4.